The fourth-order valence-electron chi connectivity index (χ4n) is 4.51. The summed E-state index contributed by atoms with van der Waals surface area (Å²) in [4.78, 5) is 17.0. The molecule has 0 saturated carbocycles. The van der Waals surface area contributed by atoms with E-state index in [1.165, 1.54) is 0 Å². The molecule has 10 heteroatoms. The van der Waals surface area contributed by atoms with Crippen molar-refractivity contribution in [2.24, 2.45) is 4.99 Å². The third kappa shape index (κ3) is 5.24. The number of hydrogen-bond acceptors (Lipinski definition) is 10. The average molecular weight is 506 g/mol. The molecular weight excluding hydrogens is 474 g/mol. The quantitative estimate of drug-likeness (QED) is 0.492. The summed E-state index contributed by atoms with van der Waals surface area (Å²) in [5, 5.41) is 3.41. The minimum atomic E-state index is 0.559. The molecule has 1 N–H and O–H groups in total. The van der Waals surface area contributed by atoms with Crippen molar-refractivity contribution in [3.8, 4) is 23.0 Å². The lowest BCUT2D eigenvalue weighted by molar-refractivity contribution is 0.122. The minimum Gasteiger partial charge on any atom is -0.493 e. The van der Waals surface area contributed by atoms with Gasteiger partial charge < -0.3 is 33.9 Å². The molecule has 0 bridgehead atoms. The van der Waals surface area contributed by atoms with E-state index >= 15 is 0 Å². The van der Waals surface area contributed by atoms with Gasteiger partial charge in [-0.05, 0) is 29.8 Å². The molecule has 3 aromatic rings. The summed E-state index contributed by atoms with van der Waals surface area (Å²) >= 11 is 0. The smallest absolute Gasteiger partial charge is 0.162 e. The van der Waals surface area contributed by atoms with Crippen molar-refractivity contribution in [3.05, 3.63) is 53.5 Å². The predicted molar refractivity (Wildman–Crippen MR) is 141 cm³/mol. The molecule has 1 fully saturated rings. The second-order valence-corrected chi connectivity index (χ2v) is 8.65. The standard InChI is InChI=1S/C27H31N5O5/c1-33-20-7-5-17(13-22(20)35-3)14-24-29-19-16-25(28-18-6-8-21(34-2)23(15-18)36-4)30-26(19)27(31-24)32-9-11-37-12-10-32/h5-8,13,15H,9-12,14,16H2,1-4H3,(H,28,30). The van der Waals surface area contributed by atoms with Crippen molar-refractivity contribution in [2.75, 3.05) is 65.0 Å². The van der Waals surface area contributed by atoms with E-state index in [9.17, 15) is 0 Å². The molecule has 1 saturated heterocycles. The zero-order valence-corrected chi connectivity index (χ0v) is 21.5. The Morgan fingerprint density at radius 3 is 2.22 bits per heavy atom. The molecular formula is C27H31N5O5. The molecule has 2 aromatic carbocycles. The Balaban J connectivity index is 1.44. The number of anilines is 2. The second-order valence-electron chi connectivity index (χ2n) is 8.65. The number of methoxy groups -OCH3 is 4. The molecule has 1 aromatic heterocycles. The van der Waals surface area contributed by atoms with Crippen LogP contribution in [-0.2, 0) is 17.6 Å². The molecule has 0 atom stereocenters. The number of nitrogens with zero attached hydrogens (tertiary/aromatic N) is 4. The van der Waals surface area contributed by atoms with Crippen molar-refractivity contribution in [1.82, 2.24) is 9.97 Å². The third-order valence-corrected chi connectivity index (χ3v) is 6.36. The first-order valence-electron chi connectivity index (χ1n) is 12.1. The number of aromatic nitrogens is 2. The van der Waals surface area contributed by atoms with Crippen LogP contribution in [0.2, 0.25) is 0 Å². The SMILES string of the molecule is COc1ccc(Cc2nc3c(c(N4CCOCC4)n2)N=C(Nc2ccc(OC)c(OC)c2)C3)cc1OC. The van der Waals surface area contributed by atoms with E-state index < -0.39 is 0 Å². The van der Waals surface area contributed by atoms with E-state index in [1.54, 1.807) is 28.4 Å². The highest BCUT2D eigenvalue weighted by molar-refractivity contribution is 6.03. The van der Waals surface area contributed by atoms with Crippen molar-refractivity contribution in [2.45, 2.75) is 12.8 Å². The fourth-order valence-corrected chi connectivity index (χ4v) is 4.51. The number of aliphatic imine (C=N–C) groups is 1. The monoisotopic (exact) mass is 505 g/mol. The molecule has 0 aliphatic carbocycles. The van der Waals surface area contributed by atoms with E-state index in [2.05, 4.69) is 10.2 Å². The Hall–Kier alpha value is -4.05. The first-order valence-corrected chi connectivity index (χ1v) is 12.1. The van der Waals surface area contributed by atoms with Crippen molar-refractivity contribution in [1.29, 1.82) is 0 Å². The lowest BCUT2D eigenvalue weighted by Crippen LogP contribution is -2.37. The van der Waals surface area contributed by atoms with Crippen molar-refractivity contribution in [3.63, 3.8) is 0 Å². The van der Waals surface area contributed by atoms with Crippen LogP contribution in [0.1, 0.15) is 17.1 Å². The maximum absolute atomic E-state index is 5.57. The Kier molecular flexibility index (Phi) is 7.27. The van der Waals surface area contributed by atoms with Crippen LogP contribution >= 0.6 is 0 Å². The van der Waals surface area contributed by atoms with Gasteiger partial charge in [0.1, 0.15) is 17.3 Å². The van der Waals surface area contributed by atoms with Crippen LogP contribution in [0, 0.1) is 0 Å². The molecule has 0 amide bonds. The molecule has 194 valence electrons. The Labute approximate surface area is 216 Å². The number of fused-ring (bicyclic) bond motifs is 1. The van der Waals surface area contributed by atoms with Gasteiger partial charge in [-0.2, -0.15) is 0 Å². The molecule has 2 aliphatic heterocycles. The van der Waals surface area contributed by atoms with Crippen LogP contribution in [0.3, 0.4) is 0 Å². The summed E-state index contributed by atoms with van der Waals surface area (Å²) in [6, 6.07) is 11.6. The summed E-state index contributed by atoms with van der Waals surface area (Å²) in [5.74, 6) is 5.06. The molecule has 37 heavy (non-hydrogen) atoms. The van der Waals surface area contributed by atoms with Gasteiger partial charge in [-0.3, -0.25) is 0 Å². The van der Waals surface area contributed by atoms with Gasteiger partial charge in [-0.25, -0.2) is 15.0 Å². The fraction of sp³-hybridized carbons (Fsp3) is 0.370. The van der Waals surface area contributed by atoms with Gasteiger partial charge in [-0.15, -0.1) is 0 Å². The number of hydrogen-bond donors (Lipinski definition) is 1. The second kappa shape index (κ2) is 10.9. The maximum atomic E-state index is 5.57. The molecule has 0 unspecified atom stereocenters. The van der Waals surface area contributed by atoms with Gasteiger partial charge >= 0.3 is 0 Å². The number of rotatable bonds is 8. The number of nitrogens with one attached hydrogen (secondary N) is 1. The Morgan fingerprint density at radius 1 is 0.838 bits per heavy atom. The van der Waals surface area contributed by atoms with Gasteiger partial charge in [0.2, 0.25) is 0 Å². The van der Waals surface area contributed by atoms with Gasteiger partial charge in [-0.1, -0.05) is 6.07 Å². The van der Waals surface area contributed by atoms with Crippen LogP contribution in [-0.4, -0.2) is 70.5 Å². The van der Waals surface area contributed by atoms with E-state index in [4.69, 9.17) is 38.6 Å². The number of morpholine rings is 1. The normalized spacial score (nSPS) is 14.6. The van der Waals surface area contributed by atoms with Gasteiger partial charge in [0.05, 0.1) is 53.8 Å². The summed E-state index contributed by atoms with van der Waals surface area (Å²) in [5.41, 5.74) is 3.60. The summed E-state index contributed by atoms with van der Waals surface area (Å²) in [6.45, 7) is 2.83. The van der Waals surface area contributed by atoms with Gasteiger partial charge in [0.15, 0.2) is 28.8 Å². The van der Waals surface area contributed by atoms with E-state index in [-0.39, 0.29) is 0 Å². The summed E-state index contributed by atoms with van der Waals surface area (Å²) in [6.07, 6.45) is 1.13. The molecule has 10 nitrogen and oxygen atoms in total. The highest BCUT2D eigenvalue weighted by Gasteiger charge is 2.26. The van der Waals surface area contributed by atoms with Gasteiger partial charge in [0.25, 0.3) is 0 Å². The Morgan fingerprint density at radius 2 is 1.51 bits per heavy atom. The topological polar surface area (TPSA) is 99.6 Å². The first kappa shape index (κ1) is 24.6. The van der Waals surface area contributed by atoms with Crippen LogP contribution < -0.4 is 29.2 Å². The number of ether oxygens (including phenoxy) is 5. The van der Waals surface area contributed by atoms with Crippen LogP contribution in [0.5, 0.6) is 23.0 Å². The molecule has 0 spiro atoms. The summed E-state index contributed by atoms with van der Waals surface area (Å²) in [7, 11) is 6.50. The van der Waals surface area contributed by atoms with Crippen molar-refractivity contribution >= 4 is 23.0 Å². The zero-order valence-electron chi connectivity index (χ0n) is 21.5. The lowest BCUT2D eigenvalue weighted by atomic mass is 10.1. The average Bonchev–Trinajstić information content (AvgIpc) is 3.35. The zero-order chi connectivity index (χ0) is 25.8. The highest BCUT2D eigenvalue weighted by atomic mass is 16.5. The van der Waals surface area contributed by atoms with E-state index in [1.807, 2.05) is 36.4 Å². The van der Waals surface area contributed by atoms with E-state index in [0.29, 0.717) is 49.1 Å². The van der Waals surface area contributed by atoms with Crippen molar-refractivity contribution < 1.29 is 23.7 Å². The predicted octanol–water partition coefficient (Wildman–Crippen LogP) is 3.64. The number of amidine groups is 1. The molecule has 2 aliphatic rings. The molecule has 5 rings (SSSR count). The highest BCUT2D eigenvalue weighted by Crippen LogP contribution is 2.37. The van der Waals surface area contributed by atoms with E-state index in [0.717, 1.165) is 53.2 Å². The largest absolute Gasteiger partial charge is 0.493 e. The summed E-state index contributed by atoms with van der Waals surface area (Å²) < 4.78 is 27.2. The molecule has 0 radical (unpaired) electrons. The lowest BCUT2D eigenvalue weighted by Gasteiger charge is -2.29. The third-order valence-electron chi connectivity index (χ3n) is 6.36. The Bertz CT molecular complexity index is 1310. The minimum absolute atomic E-state index is 0.559. The number of benzene rings is 2. The van der Waals surface area contributed by atoms with Crippen LogP contribution in [0.4, 0.5) is 17.2 Å². The van der Waals surface area contributed by atoms with Crippen LogP contribution in [0.15, 0.2) is 41.4 Å². The van der Waals surface area contributed by atoms with Crippen LogP contribution in [0.25, 0.3) is 0 Å². The molecule has 3 heterocycles. The maximum Gasteiger partial charge on any atom is 0.162 e. The first-order chi connectivity index (χ1) is 18.1. The van der Waals surface area contributed by atoms with Gasteiger partial charge in [0, 0.05) is 31.3 Å².